The normalized spacial score (nSPS) is 10.6. The zero-order valence-corrected chi connectivity index (χ0v) is 15.5. The Hall–Kier alpha value is -3.58. The van der Waals surface area contributed by atoms with Crippen LogP contribution >= 0.6 is 11.6 Å². The lowest BCUT2D eigenvalue weighted by molar-refractivity contribution is 0.102. The Kier molecular flexibility index (Phi) is 4.82. The highest BCUT2D eigenvalue weighted by molar-refractivity contribution is 6.33. The van der Waals surface area contributed by atoms with Crippen molar-refractivity contribution in [3.05, 3.63) is 77.7 Å². The van der Waals surface area contributed by atoms with E-state index in [1.54, 1.807) is 36.9 Å². The first-order chi connectivity index (χ1) is 13.6. The Bertz CT molecular complexity index is 1130. The molecule has 0 radical (unpaired) electrons. The summed E-state index contributed by atoms with van der Waals surface area (Å²) in [5, 5.41) is 3.25. The summed E-state index contributed by atoms with van der Waals surface area (Å²) >= 11 is 6.32. The van der Waals surface area contributed by atoms with Gasteiger partial charge in [0.15, 0.2) is 5.82 Å². The van der Waals surface area contributed by atoms with E-state index in [9.17, 15) is 4.79 Å². The summed E-state index contributed by atoms with van der Waals surface area (Å²) in [5.41, 5.74) is 3.34. The van der Waals surface area contributed by atoms with Crippen molar-refractivity contribution in [1.29, 1.82) is 0 Å². The number of hydrogen-bond acceptors (Lipinski definition) is 6. The molecule has 3 heterocycles. The number of nitrogens with one attached hydrogen (secondary N) is 1. The standard InChI is InChI=1S/C20H14ClN5O2/c1-12-9-22-5-4-14(12)19(27)26-18-11-24-17(10-25-18)15-8-13(2-3-16(15)21)20-23-6-7-28-20/h2-11H,1H3,(H,25,26,27). The Labute approximate surface area is 165 Å². The zero-order valence-electron chi connectivity index (χ0n) is 14.8. The minimum absolute atomic E-state index is 0.272. The lowest BCUT2D eigenvalue weighted by atomic mass is 10.1. The molecule has 0 atom stereocenters. The van der Waals surface area contributed by atoms with Crippen LogP contribution in [-0.2, 0) is 0 Å². The molecular formula is C20H14ClN5O2. The summed E-state index contributed by atoms with van der Waals surface area (Å²) in [4.78, 5) is 29.1. The molecule has 0 aliphatic rings. The van der Waals surface area contributed by atoms with Gasteiger partial charge < -0.3 is 9.73 Å². The zero-order chi connectivity index (χ0) is 19.5. The number of benzene rings is 1. The highest BCUT2D eigenvalue weighted by Crippen LogP contribution is 2.31. The molecule has 3 aromatic heterocycles. The summed E-state index contributed by atoms with van der Waals surface area (Å²) < 4.78 is 5.32. The summed E-state index contributed by atoms with van der Waals surface area (Å²) in [5.74, 6) is 0.554. The number of carbonyl (C=O) groups is 1. The van der Waals surface area contributed by atoms with Crippen LogP contribution in [0.1, 0.15) is 15.9 Å². The van der Waals surface area contributed by atoms with Crippen molar-refractivity contribution in [3.63, 3.8) is 0 Å². The molecule has 138 valence electrons. The van der Waals surface area contributed by atoms with E-state index in [2.05, 4.69) is 25.3 Å². The Balaban J connectivity index is 1.58. The van der Waals surface area contributed by atoms with Gasteiger partial charge >= 0.3 is 0 Å². The second-order valence-electron chi connectivity index (χ2n) is 5.96. The Morgan fingerprint density at radius 3 is 2.68 bits per heavy atom. The quantitative estimate of drug-likeness (QED) is 0.553. The molecule has 1 aromatic carbocycles. The van der Waals surface area contributed by atoms with Crippen LogP contribution in [0.25, 0.3) is 22.7 Å². The molecule has 0 aliphatic carbocycles. The molecule has 0 bridgehead atoms. The number of amides is 1. The van der Waals surface area contributed by atoms with Crippen LogP contribution in [0.2, 0.25) is 5.02 Å². The lowest BCUT2D eigenvalue weighted by Crippen LogP contribution is -2.14. The van der Waals surface area contributed by atoms with Gasteiger partial charge in [0.05, 0.1) is 29.3 Å². The van der Waals surface area contributed by atoms with Crippen LogP contribution in [-0.4, -0.2) is 25.8 Å². The van der Waals surface area contributed by atoms with Crippen LogP contribution in [0.3, 0.4) is 0 Å². The average molecular weight is 392 g/mol. The van der Waals surface area contributed by atoms with E-state index in [4.69, 9.17) is 16.0 Å². The first-order valence-electron chi connectivity index (χ1n) is 8.35. The van der Waals surface area contributed by atoms with E-state index in [-0.39, 0.29) is 5.91 Å². The lowest BCUT2D eigenvalue weighted by Gasteiger charge is -2.08. The Morgan fingerprint density at radius 1 is 1.07 bits per heavy atom. The van der Waals surface area contributed by atoms with E-state index in [0.717, 1.165) is 11.1 Å². The number of oxazole rings is 1. The number of anilines is 1. The number of aryl methyl sites for hydroxylation is 1. The SMILES string of the molecule is Cc1cnccc1C(=O)Nc1cnc(-c2cc(-c3ncco3)ccc2Cl)cn1. The molecule has 0 unspecified atom stereocenters. The van der Waals surface area contributed by atoms with Gasteiger partial charge in [0, 0.05) is 29.1 Å². The van der Waals surface area contributed by atoms with Gasteiger partial charge in [-0.05, 0) is 36.8 Å². The van der Waals surface area contributed by atoms with Crippen molar-refractivity contribution in [2.45, 2.75) is 6.92 Å². The molecule has 0 fully saturated rings. The molecule has 0 saturated heterocycles. The minimum atomic E-state index is -0.272. The third-order valence-electron chi connectivity index (χ3n) is 4.08. The maximum atomic E-state index is 12.4. The van der Waals surface area contributed by atoms with Gasteiger partial charge in [-0.2, -0.15) is 0 Å². The third-order valence-corrected chi connectivity index (χ3v) is 4.41. The number of carbonyl (C=O) groups excluding carboxylic acids is 1. The summed E-state index contributed by atoms with van der Waals surface area (Å²) in [7, 11) is 0. The first-order valence-corrected chi connectivity index (χ1v) is 8.73. The van der Waals surface area contributed by atoms with Crippen LogP contribution < -0.4 is 5.32 Å². The van der Waals surface area contributed by atoms with Crippen molar-refractivity contribution >= 4 is 23.3 Å². The molecular weight excluding hydrogens is 378 g/mol. The second-order valence-corrected chi connectivity index (χ2v) is 6.37. The second kappa shape index (κ2) is 7.58. The smallest absolute Gasteiger partial charge is 0.257 e. The molecule has 7 nitrogen and oxygen atoms in total. The summed E-state index contributed by atoms with van der Waals surface area (Å²) in [6.45, 7) is 1.82. The van der Waals surface area contributed by atoms with Crippen LogP contribution in [0.5, 0.6) is 0 Å². The molecule has 4 rings (SSSR count). The molecule has 0 spiro atoms. The number of nitrogens with zero attached hydrogens (tertiary/aromatic N) is 4. The predicted molar refractivity (Wildman–Crippen MR) is 105 cm³/mol. The van der Waals surface area contributed by atoms with E-state index < -0.39 is 0 Å². The van der Waals surface area contributed by atoms with Gasteiger partial charge in [-0.1, -0.05) is 11.6 Å². The van der Waals surface area contributed by atoms with E-state index in [0.29, 0.717) is 33.6 Å². The maximum Gasteiger partial charge on any atom is 0.257 e. The summed E-state index contributed by atoms with van der Waals surface area (Å²) in [6.07, 6.45) is 9.32. The molecule has 0 aliphatic heterocycles. The first kappa shape index (κ1) is 17.8. The number of pyridine rings is 1. The fraction of sp³-hybridized carbons (Fsp3) is 0.0500. The van der Waals surface area contributed by atoms with Crippen LogP contribution in [0, 0.1) is 6.92 Å². The van der Waals surface area contributed by atoms with Crippen molar-refractivity contribution < 1.29 is 9.21 Å². The highest BCUT2D eigenvalue weighted by Gasteiger charge is 2.12. The highest BCUT2D eigenvalue weighted by atomic mass is 35.5. The third kappa shape index (κ3) is 3.60. The topological polar surface area (TPSA) is 93.8 Å². The van der Waals surface area contributed by atoms with Gasteiger partial charge in [0.2, 0.25) is 5.89 Å². The number of rotatable bonds is 4. The van der Waals surface area contributed by atoms with Gasteiger partial charge in [0.1, 0.15) is 6.26 Å². The Morgan fingerprint density at radius 2 is 1.96 bits per heavy atom. The molecule has 4 aromatic rings. The molecule has 8 heteroatoms. The van der Waals surface area contributed by atoms with Crippen molar-refractivity contribution in [2.75, 3.05) is 5.32 Å². The van der Waals surface area contributed by atoms with Gasteiger partial charge in [-0.15, -0.1) is 0 Å². The van der Waals surface area contributed by atoms with Crippen molar-refractivity contribution in [1.82, 2.24) is 19.9 Å². The molecule has 1 amide bonds. The van der Waals surface area contributed by atoms with Crippen molar-refractivity contribution in [3.8, 4) is 22.7 Å². The minimum Gasteiger partial charge on any atom is -0.445 e. The average Bonchev–Trinajstić information content (AvgIpc) is 3.24. The summed E-state index contributed by atoms with van der Waals surface area (Å²) in [6, 6.07) is 7.05. The molecule has 28 heavy (non-hydrogen) atoms. The number of aromatic nitrogens is 4. The number of halogens is 1. The maximum absolute atomic E-state index is 12.4. The predicted octanol–water partition coefficient (Wildman–Crippen LogP) is 4.41. The molecule has 0 saturated carbocycles. The van der Waals surface area contributed by atoms with Crippen LogP contribution in [0.4, 0.5) is 5.82 Å². The van der Waals surface area contributed by atoms with Crippen LogP contribution in [0.15, 0.2) is 65.9 Å². The number of hydrogen-bond donors (Lipinski definition) is 1. The van der Waals surface area contributed by atoms with Gasteiger partial charge in [-0.3, -0.25) is 14.8 Å². The van der Waals surface area contributed by atoms with Gasteiger partial charge in [-0.25, -0.2) is 9.97 Å². The fourth-order valence-corrected chi connectivity index (χ4v) is 2.88. The van der Waals surface area contributed by atoms with E-state index in [1.165, 1.54) is 12.5 Å². The largest absolute Gasteiger partial charge is 0.445 e. The van der Waals surface area contributed by atoms with E-state index >= 15 is 0 Å². The van der Waals surface area contributed by atoms with Gasteiger partial charge in [0.25, 0.3) is 5.91 Å². The monoisotopic (exact) mass is 391 g/mol. The fourth-order valence-electron chi connectivity index (χ4n) is 2.66. The molecule has 1 N–H and O–H groups in total. The van der Waals surface area contributed by atoms with E-state index in [1.807, 2.05) is 19.1 Å². The van der Waals surface area contributed by atoms with Crippen molar-refractivity contribution in [2.24, 2.45) is 0 Å².